The molecule has 1 amide bonds. The summed E-state index contributed by atoms with van der Waals surface area (Å²) in [6.45, 7) is -0.259. The Morgan fingerprint density at radius 1 is 1.40 bits per heavy atom. The molecule has 1 fully saturated rings. The van der Waals surface area contributed by atoms with Gasteiger partial charge in [-0.1, -0.05) is 0 Å². The van der Waals surface area contributed by atoms with Crippen LogP contribution in [0.4, 0.5) is 13.2 Å². The first-order valence-electron chi connectivity index (χ1n) is 5.81. The van der Waals surface area contributed by atoms with E-state index in [-0.39, 0.29) is 24.3 Å². The first-order chi connectivity index (χ1) is 9.33. The van der Waals surface area contributed by atoms with E-state index in [0.29, 0.717) is 4.47 Å². The van der Waals surface area contributed by atoms with Gasteiger partial charge in [0, 0.05) is 12.1 Å². The van der Waals surface area contributed by atoms with E-state index in [4.69, 9.17) is 4.74 Å². The summed E-state index contributed by atoms with van der Waals surface area (Å²) in [5.41, 5.74) is 0. The molecule has 0 saturated heterocycles. The highest BCUT2D eigenvalue weighted by Crippen LogP contribution is 2.32. The van der Waals surface area contributed by atoms with Crippen LogP contribution in [0.15, 0.2) is 22.7 Å². The number of amides is 1. The van der Waals surface area contributed by atoms with Crippen molar-refractivity contribution in [1.29, 1.82) is 0 Å². The molecule has 0 atom stereocenters. The summed E-state index contributed by atoms with van der Waals surface area (Å²) in [6, 6.07) is 3.78. The van der Waals surface area contributed by atoms with E-state index in [1.165, 1.54) is 6.07 Å². The number of carbonyl (C=O) groups excluding carboxylic acids is 1. The number of halogens is 4. The molecule has 1 aromatic rings. The molecule has 1 aromatic carbocycles. The van der Waals surface area contributed by atoms with Gasteiger partial charge in [0.05, 0.1) is 4.47 Å². The van der Waals surface area contributed by atoms with Gasteiger partial charge >= 0.3 is 6.36 Å². The minimum absolute atomic E-state index is 0.109. The molecule has 0 aliphatic heterocycles. The van der Waals surface area contributed by atoms with Crippen LogP contribution >= 0.6 is 15.9 Å². The van der Waals surface area contributed by atoms with Gasteiger partial charge in [-0.15, -0.1) is 13.2 Å². The molecule has 4 nitrogen and oxygen atoms in total. The molecule has 0 spiro atoms. The number of benzene rings is 1. The maximum atomic E-state index is 12.1. The zero-order valence-electron chi connectivity index (χ0n) is 10.2. The SMILES string of the molecule is O=C(COc1cc(OC(F)(F)F)ccc1Br)NC1CC1. The maximum absolute atomic E-state index is 12.1. The largest absolute Gasteiger partial charge is 0.573 e. The summed E-state index contributed by atoms with van der Waals surface area (Å²) in [4.78, 5) is 11.4. The quantitative estimate of drug-likeness (QED) is 0.885. The molecule has 20 heavy (non-hydrogen) atoms. The van der Waals surface area contributed by atoms with Crippen molar-refractivity contribution < 1.29 is 27.4 Å². The molecule has 1 saturated carbocycles. The van der Waals surface area contributed by atoms with Gasteiger partial charge < -0.3 is 14.8 Å². The lowest BCUT2D eigenvalue weighted by Gasteiger charge is -2.12. The normalized spacial score (nSPS) is 14.8. The van der Waals surface area contributed by atoms with Gasteiger partial charge in [0.25, 0.3) is 5.91 Å². The van der Waals surface area contributed by atoms with Gasteiger partial charge in [0.2, 0.25) is 0 Å². The van der Waals surface area contributed by atoms with E-state index in [1.807, 2.05) is 0 Å². The molecule has 0 bridgehead atoms. The van der Waals surface area contributed by atoms with E-state index >= 15 is 0 Å². The minimum Gasteiger partial charge on any atom is -0.482 e. The average Bonchev–Trinajstić information content (AvgIpc) is 3.12. The van der Waals surface area contributed by atoms with Gasteiger partial charge in [-0.3, -0.25) is 4.79 Å². The Bertz CT molecular complexity index is 503. The molecular weight excluding hydrogens is 343 g/mol. The van der Waals surface area contributed by atoms with Crippen LogP contribution < -0.4 is 14.8 Å². The monoisotopic (exact) mass is 353 g/mol. The zero-order chi connectivity index (χ0) is 14.8. The Hall–Kier alpha value is -1.44. The van der Waals surface area contributed by atoms with Gasteiger partial charge in [-0.05, 0) is 40.9 Å². The third-order valence-electron chi connectivity index (χ3n) is 2.44. The molecule has 8 heteroatoms. The standard InChI is InChI=1S/C12H11BrF3NO3/c13-9-4-3-8(20-12(14,15)16)5-10(9)19-6-11(18)17-7-1-2-7/h3-5,7H,1-2,6H2,(H,17,18). The third kappa shape index (κ3) is 4.92. The highest BCUT2D eigenvalue weighted by Gasteiger charge is 2.31. The summed E-state index contributed by atoms with van der Waals surface area (Å²) < 4.78 is 45.7. The third-order valence-corrected chi connectivity index (χ3v) is 3.09. The smallest absolute Gasteiger partial charge is 0.482 e. The van der Waals surface area contributed by atoms with Crippen LogP contribution in [-0.2, 0) is 4.79 Å². The first-order valence-corrected chi connectivity index (χ1v) is 6.60. The lowest BCUT2D eigenvalue weighted by molar-refractivity contribution is -0.274. The van der Waals surface area contributed by atoms with Crippen LogP contribution in [0.25, 0.3) is 0 Å². The van der Waals surface area contributed by atoms with Crippen LogP contribution in [0.1, 0.15) is 12.8 Å². The van der Waals surface area contributed by atoms with Gasteiger partial charge in [-0.2, -0.15) is 0 Å². The summed E-state index contributed by atoms with van der Waals surface area (Å²) in [6.07, 6.45) is -2.87. The number of carbonyl (C=O) groups is 1. The molecule has 1 aliphatic rings. The Kier molecular flexibility index (Phi) is 4.42. The predicted octanol–water partition coefficient (Wildman–Crippen LogP) is 3.01. The van der Waals surface area contributed by atoms with Crippen molar-refractivity contribution in [2.24, 2.45) is 0 Å². The molecule has 1 N–H and O–H groups in total. The van der Waals surface area contributed by atoms with Crippen molar-refractivity contribution in [3.8, 4) is 11.5 Å². The van der Waals surface area contributed by atoms with E-state index in [9.17, 15) is 18.0 Å². The topological polar surface area (TPSA) is 47.6 Å². The fourth-order valence-corrected chi connectivity index (χ4v) is 1.79. The highest BCUT2D eigenvalue weighted by atomic mass is 79.9. The number of alkyl halides is 3. The Morgan fingerprint density at radius 3 is 2.70 bits per heavy atom. The average molecular weight is 354 g/mol. The minimum atomic E-state index is -4.77. The number of nitrogens with one attached hydrogen (secondary N) is 1. The molecule has 0 heterocycles. The second kappa shape index (κ2) is 5.90. The number of ether oxygens (including phenoxy) is 2. The van der Waals surface area contributed by atoms with Crippen LogP contribution in [0.2, 0.25) is 0 Å². The predicted molar refractivity (Wildman–Crippen MR) is 67.5 cm³/mol. The molecule has 110 valence electrons. The number of rotatable bonds is 5. The van der Waals surface area contributed by atoms with Crippen molar-refractivity contribution >= 4 is 21.8 Å². The van der Waals surface area contributed by atoms with Gasteiger partial charge in [0.1, 0.15) is 11.5 Å². The summed E-state index contributed by atoms with van der Waals surface area (Å²) in [5.74, 6) is -0.599. The summed E-state index contributed by atoms with van der Waals surface area (Å²) in [7, 11) is 0. The molecule has 0 aromatic heterocycles. The highest BCUT2D eigenvalue weighted by molar-refractivity contribution is 9.10. The molecule has 1 aliphatic carbocycles. The van der Waals surface area contributed by atoms with Crippen molar-refractivity contribution in [1.82, 2.24) is 5.32 Å². The molecule has 0 radical (unpaired) electrons. The Morgan fingerprint density at radius 2 is 2.10 bits per heavy atom. The maximum Gasteiger partial charge on any atom is 0.573 e. The number of hydrogen-bond acceptors (Lipinski definition) is 3. The van der Waals surface area contributed by atoms with Crippen LogP contribution in [0, 0.1) is 0 Å². The fourth-order valence-electron chi connectivity index (χ4n) is 1.43. The van der Waals surface area contributed by atoms with Crippen molar-refractivity contribution in [3.63, 3.8) is 0 Å². The second-order valence-corrected chi connectivity index (χ2v) is 5.12. The lowest BCUT2D eigenvalue weighted by Crippen LogP contribution is -2.30. The van der Waals surface area contributed by atoms with Gasteiger partial charge in [0.15, 0.2) is 6.61 Å². The Labute approximate surface area is 121 Å². The van der Waals surface area contributed by atoms with Crippen molar-refractivity contribution in [3.05, 3.63) is 22.7 Å². The van der Waals surface area contributed by atoms with Crippen molar-refractivity contribution in [2.75, 3.05) is 6.61 Å². The van der Waals surface area contributed by atoms with Crippen LogP contribution in [0.3, 0.4) is 0 Å². The van der Waals surface area contributed by atoms with E-state index in [1.54, 1.807) is 0 Å². The molecular formula is C12H11BrF3NO3. The van der Waals surface area contributed by atoms with E-state index in [2.05, 4.69) is 26.0 Å². The fraction of sp³-hybridized carbons (Fsp3) is 0.417. The van der Waals surface area contributed by atoms with Crippen LogP contribution in [0.5, 0.6) is 11.5 Å². The molecule has 0 unspecified atom stereocenters. The molecule has 2 rings (SSSR count). The summed E-state index contributed by atoms with van der Waals surface area (Å²) in [5, 5.41) is 2.71. The number of hydrogen-bond donors (Lipinski definition) is 1. The van der Waals surface area contributed by atoms with E-state index < -0.39 is 12.1 Å². The van der Waals surface area contributed by atoms with Gasteiger partial charge in [-0.25, -0.2) is 0 Å². The van der Waals surface area contributed by atoms with Crippen molar-refractivity contribution in [2.45, 2.75) is 25.2 Å². The second-order valence-electron chi connectivity index (χ2n) is 4.27. The Balaban J connectivity index is 1.95. The first kappa shape index (κ1) is 15.0. The van der Waals surface area contributed by atoms with Crippen LogP contribution in [-0.4, -0.2) is 24.9 Å². The van der Waals surface area contributed by atoms with E-state index in [0.717, 1.165) is 25.0 Å². The lowest BCUT2D eigenvalue weighted by atomic mass is 10.3. The summed E-state index contributed by atoms with van der Waals surface area (Å²) >= 11 is 3.13. The zero-order valence-corrected chi connectivity index (χ0v) is 11.8.